The van der Waals surface area contributed by atoms with Crippen molar-refractivity contribution in [2.75, 3.05) is 20.6 Å². The molecule has 0 heterocycles. The quantitative estimate of drug-likeness (QED) is 0.257. The molecule has 0 aliphatic rings. The van der Waals surface area contributed by atoms with Crippen LogP contribution < -0.4 is 0 Å². The van der Waals surface area contributed by atoms with Crippen LogP contribution in [0.15, 0.2) is 0 Å². The van der Waals surface area contributed by atoms with E-state index in [9.17, 15) is 0 Å². The van der Waals surface area contributed by atoms with Crippen LogP contribution in [-0.2, 0) is 0 Å². The molecule has 50 valence electrons. The molecule has 0 aromatic carbocycles. The minimum absolute atomic E-state index is 0.509. The van der Waals surface area contributed by atoms with Gasteiger partial charge in [0.2, 0.25) is 4.32 Å². The lowest BCUT2D eigenvalue weighted by Crippen LogP contribution is -2.41. The Morgan fingerprint density at radius 3 is 2.33 bits per heavy atom. The van der Waals surface area contributed by atoms with Gasteiger partial charge >= 0.3 is 0 Å². The van der Waals surface area contributed by atoms with Crippen LogP contribution in [0.2, 0.25) is 0 Å². The third-order valence-corrected chi connectivity index (χ3v) is 2.04. The molecule has 0 saturated heterocycles. The molecular formula is C6H10NS2+. The first-order valence-corrected chi connectivity index (χ1v) is 3.36. The standard InChI is InChI=1S/C6H9NS2/c1-4-5-7(2,3)6(8)9/h1H,5H2,2-3H3/p+1. The smallest absolute Gasteiger partial charge is 0.230 e. The van der Waals surface area contributed by atoms with Crippen molar-refractivity contribution in [2.45, 2.75) is 0 Å². The van der Waals surface area contributed by atoms with E-state index >= 15 is 0 Å². The molecule has 1 nitrogen and oxygen atoms in total. The summed E-state index contributed by atoms with van der Waals surface area (Å²) in [6.45, 7) is 0.600. The van der Waals surface area contributed by atoms with Gasteiger partial charge in [0.05, 0.1) is 14.1 Å². The van der Waals surface area contributed by atoms with Crippen molar-refractivity contribution in [1.82, 2.24) is 0 Å². The molecule has 0 bridgehead atoms. The zero-order chi connectivity index (χ0) is 7.49. The fraction of sp³-hybridized carbons (Fsp3) is 0.500. The third-order valence-electron chi connectivity index (χ3n) is 1.00. The second-order valence-corrected chi connectivity index (χ2v) is 3.44. The topological polar surface area (TPSA) is 0 Å². The van der Waals surface area contributed by atoms with Crippen LogP contribution in [-0.4, -0.2) is 29.4 Å². The summed E-state index contributed by atoms with van der Waals surface area (Å²) in [7, 11) is 3.85. The number of rotatable bonds is 1. The molecule has 0 rings (SSSR count). The van der Waals surface area contributed by atoms with Gasteiger partial charge in [0.15, 0.2) is 0 Å². The first kappa shape index (κ1) is 8.96. The largest absolute Gasteiger partial charge is 0.271 e. The molecule has 0 amide bonds. The first-order valence-electron chi connectivity index (χ1n) is 2.50. The van der Waals surface area contributed by atoms with Gasteiger partial charge in [0.25, 0.3) is 0 Å². The highest BCUT2D eigenvalue weighted by Crippen LogP contribution is 2.01. The Morgan fingerprint density at radius 2 is 2.22 bits per heavy atom. The Kier molecular flexibility index (Phi) is 3.20. The lowest BCUT2D eigenvalue weighted by Gasteiger charge is -2.23. The van der Waals surface area contributed by atoms with Crippen molar-refractivity contribution in [3.8, 4) is 12.3 Å². The molecule has 0 spiro atoms. The maximum Gasteiger partial charge on any atom is 0.230 e. The van der Waals surface area contributed by atoms with Crippen molar-refractivity contribution in [2.24, 2.45) is 0 Å². The van der Waals surface area contributed by atoms with E-state index in [1.54, 1.807) is 0 Å². The predicted octanol–water partition coefficient (Wildman–Crippen LogP) is 0.911. The van der Waals surface area contributed by atoms with E-state index in [4.69, 9.17) is 18.6 Å². The zero-order valence-electron chi connectivity index (χ0n) is 5.59. The molecule has 0 aliphatic heterocycles. The predicted molar refractivity (Wildman–Crippen MR) is 47.4 cm³/mol. The Bertz CT molecular complexity index is 155. The average molecular weight is 160 g/mol. The number of hydrogen-bond acceptors (Lipinski definition) is 1. The van der Waals surface area contributed by atoms with E-state index < -0.39 is 0 Å². The van der Waals surface area contributed by atoms with Gasteiger partial charge in [-0.05, 0) is 18.1 Å². The lowest BCUT2D eigenvalue weighted by molar-refractivity contribution is -0.784. The third kappa shape index (κ3) is 2.85. The van der Waals surface area contributed by atoms with E-state index in [1.165, 1.54) is 0 Å². The molecular weight excluding hydrogens is 150 g/mol. The summed E-state index contributed by atoms with van der Waals surface area (Å²) < 4.78 is 1.13. The molecule has 0 N–H and O–H groups in total. The van der Waals surface area contributed by atoms with E-state index in [0.717, 1.165) is 0 Å². The normalized spacial score (nSPS) is 10.4. The second kappa shape index (κ2) is 3.21. The maximum absolute atomic E-state index is 5.09. The molecule has 0 saturated carbocycles. The van der Waals surface area contributed by atoms with Crippen LogP contribution in [0.25, 0.3) is 0 Å². The summed E-state index contributed by atoms with van der Waals surface area (Å²) in [5.41, 5.74) is 0. The molecule has 3 heteroatoms. The van der Waals surface area contributed by atoms with Gasteiger partial charge in [0, 0.05) is 0 Å². The molecule has 0 atom stereocenters. The van der Waals surface area contributed by atoms with Crippen molar-refractivity contribution < 1.29 is 4.48 Å². The Morgan fingerprint density at radius 1 is 1.78 bits per heavy atom. The highest BCUT2D eigenvalue weighted by molar-refractivity contribution is 8.10. The Balaban J connectivity index is 4.06. The van der Waals surface area contributed by atoms with E-state index in [-0.39, 0.29) is 0 Å². The minimum Gasteiger partial charge on any atom is -0.271 e. The van der Waals surface area contributed by atoms with E-state index in [1.807, 2.05) is 14.1 Å². The van der Waals surface area contributed by atoms with Crippen LogP contribution >= 0.6 is 24.8 Å². The first-order chi connectivity index (χ1) is 4.00. The Labute approximate surface area is 67.0 Å². The number of quaternary nitrogens is 1. The molecule has 0 fully saturated rings. The molecule has 0 aliphatic carbocycles. The van der Waals surface area contributed by atoms with E-state index in [0.29, 0.717) is 15.3 Å². The summed E-state index contributed by atoms with van der Waals surface area (Å²) in [4.78, 5) is 0. The summed E-state index contributed by atoms with van der Waals surface area (Å²) in [6.07, 6.45) is 5.09. The summed E-state index contributed by atoms with van der Waals surface area (Å²) in [5.74, 6) is 2.53. The fourth-order valence-corrected chi connectivity index (χ4v) is 0.431. The van der Waals surface area contributed by atoms with Gasteiger partial charge < -0.3 is 0 Å². The lowest BCUT2D eigenvalue weighted by atomic mass is 10.5. The van der Waals surface area contributed by atoms with Gasteiger partial charge in [-0.1, -0.05) is 12.6 Å². The second-order valence-electron chi connectivity index (χ2n) is 2.33. The molecule has 0 aromatic heterocycles. The SMILES string of the molecule is C#CC[N+](C)(C)C(=S)S. The van der Waals surface area contributed by atoms with E-state index in [2.05, 4.69) is 18.5 Å². The van der Waals surface area contributed by atoms with Crippen molar-refractivity contribution in [3.63, 3.8) is 0 Å². The van der Waals surface area contributed by atoms with Crippen LogP contribution in [0, 0.1) is 12.3 Å². The molecule has 9 heavy (non-hydrogen) atoms. The van der Waals surface area contributed by atoms with Gasteiger partial charge in [-0.25, -0.2) is 0 Å². The highest BCUT2D eigenvalue weighted by atomic mass is 32.1. The van der Waals surface area contributed by atoms with Crippen molar-refractivity contribution in [3.05, 3.63) is 0 Å². The minimum atomic E-state index is 0.509. The van der Waals surface area contributed by atoms with Crippen LogP contribution in [0.3, 0.4) is 0 Å². The van der Waals surface area contributed by atoms with Crippen LogP contribution in [0.1, 0.15) is 0 Å². The fourth-order valence-electron chi connectivity index (χ4n) is 0.296. The number of nitrogens with zero attached hydrogens (tertiary/aromatic N) is 1. The monoisotopic (exact) mass is 160 g/mol. The van der Waals surface area contributed by atoms with Gasteiger partial charge in [-0.15, -0.1) is 6.42 Å². The van der Waals surface area contributed by atoms with Gasteiger partial charge in [-0.2, -0.15) is 0 Å². The molecule has 0 radical (unpaired) electrons. The number of hydrogen-bond donors (Lipinski definition) is 1. The van der Waals surface area contributed by atoms with Crippen LogP contribution in [0.5, 0.6) is 0 Å². The van der Waals surface area contributed by atoms with Crippen molar-refractivity contribution in [1.29, 1.82) is 0 Å². The zero-order valence-corrected chi connectivity index (χ0v) is 7.30. The summed E-state index contributed by atoms with van der Waals surface area (Å²) in [6, 6.07) is 0. The van der Waals surface area contributed by atoms with Crippen LogP contribution in [0.4, 0.5) is 0 Å². The number of thiol groups is 1. The summed E-state index contributed by atoms with van der Waals surface area (Å²) >= 11 is 8.86. The number of thiocarbonyl (C=S) groups is 1. The Hall–Kier alpha value is -0.0400. The summed E-state index contributed by atoms with van der Waals surface area (Å²) in [5, 5.41) is 0. The average Bonchev–Trinajstić information content (AvgIpc) is 1.65. The van der Waals surface area contributed by atoms with Crippen molar-refractivity contribution >= 4 is 29.2 Å². The van der Waals surface area contributed by atoms with Gasteiger partial charge in [-0.3, -0.25) is 4.48 Å². The number of terminal acetylenes is 1. The van der Waals surface area contributed by atoms with Gasteiger partial charge in [0.1, 0.15) is 6.54 Å². The molecule has 0 unspecified atom stereocenters. The highest BCUT2D eigenvalue weighted by Gasteiger charge is 2.16. The molecule has 0 aromatic rings. The maximum atomic E-state index is 5.09.